The van der Waals surface area contributed by atoms with Crippen LogP contribution in [-0.2, 0) is 16.0 Å². The van der Waals surface area contributed by atoms with Crippen molar-refractivity contribution in [1.82, 2.24) is 15.3 Å². The van der Waals surface area contributed by atoms with Crippen LogP contribution < -0.4 is 26.4 Å². The van der Waals surface area contributed by atoms with Gasteiger partial charge in [-0.25, -0.2) is 14.4 Å². The highest BCUT2D eigenvalue weighted by atomic mass is 35.5. The standard InChI is InChI=1S/C23H22ClFN6O3/c24-14-3-6-19(17(25)9-14)34-16-4-1-13(2-5-16)23-29-15(10-20(26)32)11-21(30-23)31-8-7-28-12-18(31)22(27)33/h1-6,9,11,18,28H,7-8,10,12H2,(H2,26,32)(H2,27,33). The number of anilines is 1. The molecular formula is C23H22ClFN6O3. The molecule has 1 aromatic heterocycles. The summed E-state index contributed by atoms with van der Waals surface area (Å²) in [6.07, 6.45) is -0.0904. The molecule has 0 radical (unpaired) electrons. The van der Waals surface area contributed by atoms with Gasteiger partial charge < -0.3 is 26.4 Å². The molecule has 4 rings (SSSR count). The number of carbonyl (C=O) groups is 2. The molecule has 1 aliphatic rings. The summed E-state index contributed by atoms with van der Waals surface area (Å²) in [6, 6.07) is 11.9. The SMILES string of the molecule is NC(=O)Cc1cc(N2CCNCC2C(N)=O)nc(-c2ccc(Oc3ccc(Cl)cc3F)cc2)n1. The first kappa shape index (κ1) is 23.4. The van der Waals surface area contributed by atoms with E-state index in [1.807, 2.05) is 0 Å². The molecule has 11 heteroatoms. The summed E-state index contributed by atoms with van der Waals surface area (Å²) in [5, 5.41) is 3.40. The number of nitrogens with one attached hydrogen (secondary N) is 1. The number of ether oxygens (including phenoxy) is 1. The number of nitrogens with zero attached hydrogens (tertiary/aromatic N) is 3. The average Bonchev–Trinajstić information content (AvgIpc) is 2.80. The normalized spacial score (nSPS) is 15.7. The molecule has 9 nitrogen and oxygen atoms in total. The van der Waals surface area contributed by atoms with Gasteiger partial charge in [0, 0.05) is 36.3 Å². The van der Waals surface area contributed by atoms with Gasteiger partial charge in [0.05, 0.1) is 12.1 Å². The van der Waals surface area contributed by atoms with Crippen LogP contribution in [0.2, 0.25) is 5.02 Å². The van der Waals surface area contributed by atoms with E-state index in [2.05, 4.69) is 15.3 Å². The summed E-state index contributed by atoms with van der Waals surface area (Å²) >= 11 is 5.78. The Morgan fingerprint density at radius 2 is 1.91 bits per heavy atom. The maximum absolute atomic E-state index is 14.0. The van der Waals surface area contributed by atoms with Crippen LogP contribution >= 0.6 is 11.6 Å². The Hall–Kier alpha value is -3.76. The zero-order valence-corrected chi connectivity index (χ0v) is 18.8. The van der Waals surface area contributed by atoms with E-state index >= 15 is 0 Å². The van der Waals surface area contributed by atoms with Crippen molar-refractivity contribution in [1.29, 1.82) is 0 Å². The minimum atomic E-state index is -0.594. The number of amides is 2. The molecule has 2 aromatic carbocycles. The second-order valence-electron chi connectivity index (χ2n) is 7.70. The fraction of sp³-hybridized carbons (Fsp3) is 0.217. The van der Waals surface area contributed by atoms with E-state index in [9.17, 15) is 14.0 Å². The first-order valence-electron chi connectivity index (χ1n) is 10.5. The Balaban J connectivity index is 1.65. The molecule has 1 aliphatic heterocycles. The maximum Gasteiger partial charge on any atom is 0.241 e. The second kappa shape index (κ2) is 10.0. The van der Waals surface area contributed by atoms with Crippen LogP contribution in [-0.4, -0.2) is 47.5 Å². The number of aromatic nitrogens is 2. The molecule has 3 aromatic rings. The molecule has 1 saturated heterocycles. The molecule has 1 fully saturated rings. The Bertz CT molecular complexity index is 1220. The lowest BCUT2D eigenvalue weighted by Gasteiger charge is -2.35. The predicted molar refractivity (Wildman–Crippen MR) is 125 cm³/mol. The summed E-state index contributed by atoms with van der Waals surface area (Å²) in [5.41, 5.74) is 12.0. The number of benzene rings is 2. The molecular weight excluding hydrogens is 463 g/mol. The van der Waals surface area contributed by atoms with E-state index < -0.39 is 23.7 Å². The van der Waals surface area contributed by atoms with Crippen molar-refractivity contribution in [3.63, 3.8) is 0 Å². The number of piperazine rings is 1. The van der Waals surface area contributed by atoms with E-state index in [0.717, 1.165) is 0 Å². The largest absolute Gasteiger partial charge is 0.454 e. The van der Waals surface area contributed by atoms with Crippen molar-refractivity contribution in [2.75, 3.05) is 24.5 Å². The van der Waals surface area contributed by atoms with Crippen molar-refractivity contribution in [3.8, 4) is 22.9 Å². The van der Waals surface area contributed by atoms with Crippen molar-refractivity contribution in [2.45, 2.75) is 12.5 Å². The van der Waals surface area contributed by atoms with Gasteiger partial charge >= 0.3 is 0 Å². The molecule has 2 heterocycles. The van der Waals surface area contributed by atoms with Crippen LogP contribution in [0.25, 0.3) is 11.4 Å². The highest BCUT2D eigenvalue weighted by Crippen LogP contribution is 2.29. The van der Waals surface area contributed by atoms with E-state index in [-0.39, 0.29) is 17.2 Å². The lowest BCUT2D eigenvalue weighted by Crippen LogP contribution is -2.57. The fourth-order valence-corrected chi connectivity index (χ4v) is 3.78. The Labute approximate surface area is 199 Å². The highest BCUT2D eigenvalue weighted by Gasteiger charge is 2.28. The van der Waals surface area contributed by atoms with Gasteiger partial charge in [0.15, 0.2) is 17.4 Å². The van der Waals surface area contributed by atoms with E-state index in [4.69, 9.17) is 27.8 Å². The fourth-order valence-electron chi connectivity index (χ4n) is 3.62. The van der Waals surface area contributed by atoms with Gasteiger partial charge in [-0.2, -0.15) is 0 Å². The number of rotatable bonds is 7. The lowest BCUT2D eigenvalue weighted by atomic mass is 10.1. The van der Waals surface area contributed by atoms with Crippen LogP contribution in [0.15, 0.2) is 48.5 Å². The smallest absolute Gasteiger partial charge is 0.241 e. The minimum absolute atomic E-state index is 0.0374. The number of carbonyl (C=O) groups excluding carboxylic acids is 2. The molecule has 0 aliphatic carbocycles. The summed E-state index contributed by atoms with van der Waals surface area (Å²) in [7, 11) is 0. The van der Waals surface area contributed by atoms with Crippen molar-refractivity contribution in [2.24, 2.45) is 11.5 Å². The number of hydrogen-bond donors (Lipinski definition) is 3. The van der Waals surface area contributed by atoms with Crippen LogP contribution in [0.4, 0.5) is 10.2 Å². The first-order chi connectivity index (χ1) is 16.3. The summed E-state index contributed by atoms with van der Waals surface area (Å²) in [6.45, 7) is 1.52. The number of halogens is 2. The van der Waals surface area contributed by atoms with E-state index in [1.54, 1.807) is 35.2 Å². The third kappa shape index (κ3) is 5.41. The molecule has 0 saturated carbocycles. The number of primary amides is 2. The zero-order chi connectivity index (χ0) is 24.2. The number of nitrogens with two attached hydrogens (primary N) is 2. The van der Waals surface area contributed by atoms with Crippen LogP contribution in [0, 0.1) is 5.82 Å². The van der Waals surface area contributed by atoms with Gasteiger partial charge in [-0.15, -0.1) is 0 Å². The van der Waals surface area contributed by atoms with Crippen molar-refractivity contribution in [3.05, 3.63) is 65.1 Å². The van der Waals surface area contributed by atoms with E-state index in [1.165, 1.54) is 18.2 Å². The van der Waals surface area contributed by atoms with Gasteiger partial charge in [0.1, 0.15) is 17.6 Å². The minimum Gasteiger partial charge on any atom is -0.454 e. The second-order valence-corrected chi connectivity index (χ2v) is 8.14. The molecule has 5 N–H and O–H groups in total. The third-order valence-electron chi connectivity index (χ3n) is 5.22. The topological polar surface area (TPSA) is 136 Å². The summed E-state index contributed by atoms with van der Waals surface area (Å²) in [4.78, 5) is 34.4. The number of hydrogen-bond acceptors (Lipinski definition) is 7. The van der Waals surface area contributed by atoms with Gasteiger partial charge in [0.2, 0.25) is 11.8 Å². The predicted octanol–water partition coefficient (Wildman–Crippen LogP) is 2.02. The quantitative estimate of drug-likeness (QED) is 0.466. The average molecular weight is 485 g/mol. The molecule has 0 spiro atoms. The zero-order valence-electron chi connectivity index (χ0n) is 18.0. The van der Waals surface area contributed by atoms with Crippen LogP contribution in [0.1, 0.15) is 5.69 Å². The van der Waals surface area contributed by atoms with Crippen LogP contribution in [0.3, 0.4) is 0 Å². The van der Waals surface area contributed by atoms with Gasteiger partial charge in [-0.1, -0.05) is 11.6 Å². The Morgan fingerprint density at radius 3 is 2.59 bits per heavy atom. The Morgan fingerprint density at radius 1 is 1.15 bits per heavy atom. The molecule has 34 heavy (non-hydrogen) atoms. The van der Waals surface area contributed by atoms with Crippen LogP contribution in [0.5, 0.6) is 11.5 Å². The molecule has 0 bridgehead atoms. The maximum atomic E-state index is 14.0. The molecule has 2 amide bonds. The van der Waals surface area contributed by atoms with E-state index in [0.29, 0.717) is 48.3 Å². The highest BCUT2D eigenvalue weighted by molar-refractivity contribution is 6.30. The van der Waals surface area contributed by atoms with Crippen molar-refractivity contribution < 1.29 is 18.7 Å². The third-order valence-corrected chi connectivity index (χ3v) is 5.46. The Kier molecular flexibility index (Phi) is 6.90. The van der Waals surface area contributed by atoms with Gasteiger partial charge in [-0.3, -0.25) is 9.59 Å². The monoisotopic (exact) mass is 484 g/mol. The molecule has 1 unspecified atom stereocenters. The lowest BCUT2D eigenvalue weighted by molar-refractivity contribution is -0.119. The summed E-state index contributed by atoms with van der Waals surface area (Å²) in [5.74, 6) is -0.376. The van der Waals surface area contributed by atoms with Crippen molar-refractivity contribution >= 4 is 29.2 Å². The summed E-state index contributed by atoms with van der Waals surface area (Å²) < 4.78 is 19.6. The van der Waals surface area contributed by atoms with Gasteiger partial charge in [0.25, 0.3) is 0 Å². The first-order valence-corrected chi connectivity index (χ1v) is 10.8. The molecule has 1 atom stereocenters. The molecule has 176 valence electrons. The van der Waals surface area contributed by atoms with Gasteiger partial charge in [-0.05, 0) is 42.5 Å².